The molecular formula is C18H17Cl3N4O2S2. The lowest BCUT2D eigenvalue weighted by Crippen LogP contribution is -2.41. The molecule has 1 heterocycles. The van der Waals surface area contributed by atoms with E-state index in [1.807, 2.05) is 0 Å². The molecule has 0 radical (unpaired) electrons. The Hall–Kier alpha value is -1.63. The summed E-state index contributed by atoms with van der Waals surface area (Å²) in [5, 5.41) is 3.76. The van der Waals surface area contributed by atoms with E-state index in [0.29, 0.717) is 23.1 Å². The molecule has 29 heavy (non-hydrogen) atoms. The van der Waals surface area contributed by atoms with Gasteiger partial charge in [-0.2, -0.15) is 11.8 Å². The maximum absolute atomic E-state index is 12.6. The number of pyridine rings is 1. The van der Waals surface area contributed by atoms with E-state index in [0.717, 1.165) is 5.69 Å². The highest BCUT2D eigenvalue weighted by Gasteiger charge is 2.17. The second-order valence-electron chi connectivity index (χ2n) is 5.45. The van der Waals surface area contributed by atoms with Crippen molar-refractivity contribution in [3.8, 4) is 12.3 Å². The SMILES string of the molecule is C#CCN/C(=N/CCSCc1ncccc1Cl)NS(=O)(=O)c1ccc(Cl)c(Cl)c1. The summed E-state index contributed by atoms with van der Waals surface area (Å²) in [6.45, 7) is 0.464. The van der Waals surface area contributed by atoms with Crippen molar-refractivity contribution in [2.24, 2.45) is 4.99 Å². The van der Waals surface area contributed by atoms with Crippen molar-refractivity contribution < 1.29 is 8.42 Å². The molecule has 11 heteroatoms. The number of rotatable bonds is 8. The smallest absolute Gasteiger partial charge is 0.264 e. The van der Waals surface area contributed by atoms with Gasteiger partial charge in [-0.3, -0.25) is 9.98 Å². The predicted molar refractivity (Wildman–Crippen MR) is 121 cm³/mol. The lowest BCUT2D eigenvalue weighted by atomic mass is 10.4. The minimum atomic E-state index is -3.91. The zero-order valence-electron chi connectivity index (χ0n) is 15.0. The molecule has 1 aromatic heterocycles. The number of thioether (sulfide) groups is 1. The van der Waals surface area contributed by atoms with Crippen molar-refractivity contribution in [1.82, 2.24) is 15.0 Å². The van der Waals surface area contributed by atoms with Crippen LogP contribution in [-0.4, -0.2) is 38.2 Å². The highest BCUT2D eigenvalue weighted by molar-refractivity contribution is 7.98. The van der Waals surface area contributed by atoms with E-state index in [4.69, 9.17) is 41.2 Å². The summed E-state index contributed by atoms with van der Waals surface area (Å²) in [5.41, 5.74) is 0.786. The first-order valence-corrected chi connectivity index (χ1v) is 12.0. The molecule has 0 saturated carbocycles. The fraction of sp³-hybridized carbons (Fsp3) is 0.222. The number of guanidine groups is 1. The van der Waals surface area contributed by atoms with Gasteiger partial charge in [-0.25, -0.2) is 13.1 Å². The van der Waals surface area contributed by atoms with Gasteiger partial charge in [0.2, 0.25) is 5.96 Å². The summed E-state index contributed by atoms with van der Waals surface area (Å²) in [4.78, 5) is 8.42. The van der Waals surface area contributed by atoms with Gasteiger partial charge in [-0.1, -0.05) is 40.7 Å². The number of halogens is 3. The van der Waals surface area contributed by atoms with Gasteiger partial charge in [0, 0.05) is 17.7 Å². The van der Waals surface area contributed by atoms with Crippen LogP contribution >= 0.6 is 46.6 Å². The van der Waals surface area contributed by atoms with Crippen LogP contribution in [0.2, 0.25) is 15.1 Å². The van der Waals surface area contributed by atoms with Crippen molar-refractivity contribution in [2.75, 3.05) is 18.8 Å². The van der Waals surface area contributed by atoms with Crippen LogP contribution in [0, 0.1) is 12.3 Å². The van der Waals surface area contributed by atoms with Crippen molar-refractivity contribution in [2.45, 2.75) is 10.6 Å². The first-order valence-electron chi connectivity index (χ1n) is 8.20. The first-order chi connectivity index (χ1) is 13.8. The topological polar surface area (TPSA) is 83.4 Å². The zero-order valence-corrected chi connectivity index (χ0v) is 18.9. The second kappa shape index (κ2) is 11.5. The summed E-state index contributed by atoms with van der Waals surface area (Å²) in [6.07, 6.45) is 6.92. The summed E-state index contributed by atoms with van der Waals surface area (Å²) in [5.74, 6) is 3.67. The predicted octanol–water partition coefficient (Wildman–Crippen LogP) is 3.83. The summed E-state index contributed by atoms with van der Waals surface area (Å²) in [6, 6.07) is 7.56. The number of terminal acetylenes is 1. The number of benzene rings is 1. The highest BCUT2D eigenvalue weighted by atomic mass is 35.5. The standard InChI is InChI=1S/C18H17Cl3N4O2S2/c1-2-7-23-18(24-9-10-28-12-17-15(20)4-3-8-22-17)25-29(26,27)13-5-6-14(19)16(21)11-13/h1,3-6,8,11H,7,9-10,12H2,(H2,23,24,25). The van der Waals surface area contributed by atoms with E-state index in [1.165, 1.54) is 18.2 Å². The highest BCUT2D eigenvalue weighted by Crippen LogP contribution is 2.24. The van der Waals surface area contributed by atoms with Gasteiger partial charge in [0.25, 0.3) is 10.0 Å². The normalized spacial score (nSPS) is 11.7. The largest absolute Gasteiger partial charge is 0.345 e. The molecule has 2 rings (SSSR count). The molecule has 0 bridgehead atoms. The third-order valence-electron chi connectivity index (χ3n) is 3.37. The number of aliphatic imine (C=N–C) groups is 1. The van der Waals surface area contributed by atoms with E-state index in [1.54, 1.807) is 30.1 Å². The minimum Gasteiger partial charge on any atom is -0.345 e. The quantitative estimate of drug-likeness (QED) is 0.254. The summed E-state index contributed by atoms with van der Waals surface area (Å²) < 4.78 is 27.5. The molecule has 1 aromatic carbocycles. The van der Waals surface area contributed by atoms with E-state index < -0.39 is 10.0 Å². The second-order valence-corrected chi connectivity index (χ2v) is 9.46. The van der Waals surface area contributed by atoms with Crippen molar-refractivity contribution in [1.29, 1.82) is 0 Å². The maximum atomic E-state index is 12.6. The Morgan fingerprint density at radius 2 is 2.00 bits per heavy atom. The Kier molecular flexibility index (Phi) is 9.40. The number of nitrogens with zero attached hydrogens (tertiary/aromatic N) is 2. The molecule has 0 saturated heterocycles. The Labute approximate surface area is 189 Å². The fourth-order valence-electron chi connectivity index (χ4n) is 2.00. The van der Waals surface area contributed by atoms with Gasteiger partial charge in [0.1, 0.15) is 0 Å². The average molecular weight is 492 g/mol. The molecule has 0 unspecified atom stereocenters. The van der Waals surface area contributed by atoms with Crippen LogP contribution in [0.1, 0.15) is 5.69 Å². The third-order valence-corrected chi connectivity index (χ3v) is 6.74. The van der Waals surface area contributed by atoms with E-state index in [2.05, 4.69) is 25.9 Å². The Morgan fingerprint density at radius 3 is 2.69 bits per heavy atom. The number of sulfonamides is 1. The van der Waals surface area contributed by atoms with Crippen LogP contribution in [0.15, 0.2) is 46.4 Å². The van der Waals surface area contributed by atoms with Crippen LogP contribution < -0.4 is 10.0 Å². The molecule has 0 aliphatic rings. The van der Waals surface area contributed by atoms with Crippen LogP contribution in [0.25, 0.3) is 0 Å². The van der Waals surface area contributed by atoms with Gasteiger partial charge < -0.3 is 5.32 Å². The van der Waals surface area contributed by atoms with E-state index in [9.17, 15) is 8.42 Å². The average Bonchev–Trinajstić information content (AvgIpc) is 2.68. The molecule has 0 aliphatic heterocycles. The molecule has 2 aromatic rings. The van der Waals surface area contributed by atoms with Crippen molar-refractivity contribution >= 4 is 62.5 Å². The van der Waals surface area contributed by atoms with E-state index >= 15 is 0 Å². The molecule has 0 amide bonds. The maximum Gasteiger partial charge on any atom is 0.264 e. The Morgan fingerprint density at radius 1 is 1.21 bits per heavy atom. The van der Waals surface area contributed by atoms with Crippen LogP contribution in [0.4, 0.5) is 0 Å². The van der Waals surface area contributed by atoms with Crippen LogP contribution in [0.5, 0.6) is 0 Å². The van der Waals surface area contributed by atoms with Gasteiger partial charge in [-0.15, -0.1) is 6.42 Å². The molecule has 6 nitrogen and oxygen atoms in total. The van der Waals surface area contributed by atoms with Gasteiger partial charge in [-0.05, 0) is 30.3 Å². The van der Waals surface area contributed by atoms with Gasteiger partial charge in [0.05, 0.1) is 38.7 Å². The van der Waals surface area contributed by atoms with Crippen LogP contribution in [-0.2, 0) is 15.8 Å². The lowest BCUT2D eigenvalue weighted by Gasteiger charge is -2.12. The van der Waals surface area contributed by atoms with Crippen molar-refractivity contribution in [3.63, 3.8) is 0 Å². The number of nitrogens with one attached hydrogen (secondary N) is 2. The van der Waals surface area contributed by atoms with Gasteiger partial charge >= 0.3 is 0 Å². The number of hydrogen-bond donors (Lipinski definition) is 2. The monoisotopic (exact) mass is 490 g/mol. The first kappa shape index (κ1) is 23.6. The fourth-order valence-corrected chi connectivity index (χ4v) is 4.45. The number of hydrogen-bond acceptors (Lipinski definition) is 5. The van der Waals surface area contributed by atoms with Gasteiger partial charge in [0.15, 0.2) is 0 Å². The minimum absolute atomic E-state index is 0.0405. The Bertz CT molecular complexity index is 1020. The molecule has 0 aliphatic carbocycles. The zero-order chi connectivity index (χ0) is 21.3. The lowest BCUT2D eigenvalue weighted by molar-refractivity contribution is 0.591. The molecule has 154 valence electrons. The van der Waals surface area contributed by atoms with Crippen LogP contribution in [0.3, 0.4) is 0 Å². The molecule has 2 N–H and O–H groups in total. The summed E-state index contributed by atoms with van der Waals surface area (Å²) >= 11 is 19.4. The van der Waals surface area contributed by atoms with E-state index in [-0.39, 0.29) is 27.4 Å². The molecule has 0 fully saturated rings. The molecular weight excluding hydrogens is 475 g/mol. The summed E-state index contributed by atoms with van der Waals surface area (Å²) in [7, 11) is -3.91. The molecule has 0 spiro atoms. The molecule has 0 atom stereocenters. The van der Waals surface area contributed by atoms with Crippen molar-refractivity contribution in [3.05, 3.63) is 57.3 Å². The Balaban J connectivity index is 1.99. The number of aromatic nitrogens is 1. The third kappa shape index (κ3) is 7.61.